The minimum absolute atomic E-state index is 0.223. The van der Waals surface area contributed by atoms with Gasteiger partial charge in [0.2, 0.25) is 10.0 Å². The van der Waals surface area contributed by atoms with Gasteiger partial charge in [0.15, 0.2) is 0 Å². The van der Waals surface area contributed by atoms with Crippen molar-refractivity contribution in [2.45, 2.75) is 31.4 Å². The van der Waals surface area contributed by atoms with E-state index in [0.717, 1.165) is 11.1 Å². The van der Waals surface area contributed by atoms with Crippen LogP contribution in [0.3, 0.4) is 0 Å². The van der Waals surface area contributed by atoms with Gasteiger partial charge < -0.3 is 4.74 Å². The van der Waals surface area contributed by atoms with Gasteiger partial charge in [-0.25, -0.2) is 8.42 Å². The van der Waals surface area contributed by atoms with Gasteiger partial charge in [-0.1, -0.05) is 60.7 Å². The number of rotatable bonds is 7. The zero-order chi connectivity index (χ0) is 18.0. The Balaban J connectivity index is 1.75. The van der Waals surface area contributed by atoms with Crippen LogP contribution in [0.2, 0.25) is 0 Å². The summed E-state index contributed by atoms with van der Waals surface area (Å²) in [6, 6.07) is 19.6. The molecule has 2 aromatic rings. The van der Waals surface area contributed by atoms with Crippen LogP contribution in [-0.2, 0) is 14.8 Å². The molecule has 138 valence electrons. The Kier molecular flexibility index (Phi) is 5.11. The van der Waals surface area contributed by atoms with Gasteiger partial charge in [-0.05, 0) is 36.3 Å². The maximum atomic E-state index is 12.7. The van der Waals surface area contributed by atoms with E-state index in [-0.39, 0.29) is 17.9 Å². The summed E-state index contributed by atoms with van der Waals surface area (Å²) in [6.07, 6.45) is 2.79. The maximum Gasteiger partial charge on any atom is 0.214 e. The minimum Gasteiger partial charge on any atom is -0.371 e. The van der Waals surface area contributed by atoms with Crippen LogP contribution in [0, 0.1) is 5.92 Å². The molecule has 0 aromatic heterocycles. The van der Waals surface area contributed by atoms with Gasteiger partial charge in [-0.3, -0.25) is 0 Å². The van der Waals surface area contributed by atoms with Crippen LogP contribution < -0.4 is 0 Å². The van der Waals surface area contributed by atoms with Gasteiger partial charge in [-0.15, -0.1) is 0 Å². The minimum atomic E-state index is -3.26. The Bertz CT molecular complexity index is 819. The summed E-state index contributed by atoms with van der Waals surface area (Å²) in [6.45, 7) is 1.24. The summed E-state index contributed by atoms with van der Waals surface area (Å²) in [4.78, 5) is 0. The Morgan fingerprint density at radius 1 is 0.962 bits per heavy atom. The lowest BCUT2D eigenvalue weighted by molar-refractivity contribution is -0.000378. The smallest absolute Gasteiger partial charge is 0.214 e. The highest BCUT2D eigenvalue weighted by Gasteiger charge is 2.41. The topological polar surface area (TPSA) is 46.6 Å². The van der Waals surface area contributed by atoms with Gasteiger partial charge in [0, 0.05) is 6.54 Å². The number of hydrogen-bond donors (Lipinski definition) is 0. The van der Waals surface area contributed by atoms with Crippen molar-refractivity contribution in [3.8, 4) is 0 Å². The highest BCUT2D eigenvalue weighted by molar-refractivity contribution is 7.89. The number of nitrogens with zero attached hydrogens (tertiary/aromatic N) is 1. The molecule has 1 aliphatic heterocycles. The van der Waals surface area contributed by atoms with Gasteiger partial charge in [-0.2, -0.15) is 4.31 Å². The van der Waals surface area contributed by atoms with Gasteiger partial charge in [0.1, 0.15) is 6.10 Å². The van der Waals surface area contributed by atoms with Gasteiger partial charge in [0.25, 0.3) is 0 Å². The van der Waals surface area contributed by atoms with Crippen LogP contribution in [-0.4, -0.2) is 31.6 Å². The van der Waals surface area contributed by atoms with Crippen LogP contribution in [0.25, 0.3) is 0 Å². The lowest BCUT2D eigenvalue weighted by atomic mass is 9.95. The van der Waals surface area contributed by atoms with Crippen molar-refractivity contribution < 1.29 is 13.2 Å². The molecule has 0 N–H and O–H groups in total. The Hall–Kier alpha value is -1.69. The molecule has 0 bridgehead atoms. The van der Waals surface area contributed by atoms with Crippen LogP contribution in [0.15, 0.2) is 60.7 Å². The van der Waals surface area contributed by atoms with E-state index in [1.165, 1.54) is 12.8 Å². The quantitative estimate of drug-likeness (QED) is 0.741. The third-order valence-electron chi connectivity index (χ3n) is 5.21. The fourth-order valence-electron chi connectivity index (χ4n) is 3.65. The molecular weight excluding hydrogens is 346 g/mol. The molecule has 0 unspecified atom stereocenters. The van der Waals surface area contributed by atoms with Crippen molar-refractivity contribution in [2.24, 2.45) is 5.92 Å². The maximum absolute atomic E-state index is 12.7. The summed E-state index contributed by atoms with van der Waals surface area (Å²) in [5, 5.41) is 0. The van der Waals surface area contributed by atoms with Crippen molar-refractivity contribution in [3.63, 3.8) is 0 Å². The van der Waals surface area contributed by atoms with Crippen molar-refractivity contribution in [1.82, 2.24) is 4.31 Å². The Morgan fingerprint density at radius 3 is 2.12 bits per heavy atom. The molecule has 26 heavy (non-hydrogen) atoms. The zero-order valence-corrected chi connectivity index (χ0v) is 15.6. The molecule has 0 spiro atoms. The number of ether oxygens (including phenoxy) is 1. The first-order chi connectivity index (χ1) is 12.6. The van der Waals surface area contributed by atoms with E-state index in [1.54, 1.807) is 4.31 Å². The summed E-state index contributed by atoms with van der Waals surface area (Å²) < 4.78 is 33.5. The molecule has 1 aliphatic carbocycles. The monoisotopic (exact) mass is 371 g/mol. The van der Waals surface area contributed by atoms with E-state index < -0.39 is 10.0 Å². The highest BCUT2D eigenvalue weighted by atomic mass is 32.2. The number of hydrogen-bond acceptors (Lipinski definition) is 3. The lowest BCUT2D eigenvalue weighted by Gasteiger charge is -2.34. The van der Waals surface area contributed by atoms with Crippen LogP contribution in [0.5, 0.6) is 0 Å². The predicted molar refractivity (Wildman–Crippen MR) is 102 cm³/mol. The third-order valence-corrected chi connectivity index (χ3v) is 7.14. The van der Waals surface area contributed by atoms with E-state index in [2.05, 4.69) is 0 Å². The Morgan fingerprint density at radius 2 is 1.58 bits per heavy atom. The summed E-state index contributed by atoms with van der Waals surface area (Å²) in [5.74, 6) is 0.841. The molecule has 2 aliphatic rings. The molecule has 0 radical (unpaired) electrons. The molecule has 5 heteroatoms. The fraction of sp³-hybridized carbons (Fsp3) is 0.429. The third kappa shape index (κ3) is 3.85. The average Bonchev–Trinajstić information content (AvgIpc) is 3.42. The largest absolute Gasteiger partial charge is 0.371 e. The lowest BCUT2D eigenvalue weighted by Crippen LogP contribution is -2.35. The second-order valence-corrected chi connectivity index (χ2v) is 9.28. The van der Waals surface area contributed by atoms with Gasteiger partial charge in [0.05, 0.1) is 18.4 Å². The highest BCUT2D eigenvalue weighted by Crippen LogP contribution is 2.42. The van der Waals surface area contributed by atoms with E-state index in [1.807, 2.05) is 60.7 Å². The molecule has 2 aromatic carbocycles. The molecule has 1 saturated heterocycles. The van der Waals surface area contributed by atoms with Crippen LogP contribution >= 0.6 is 0 Å². The van der Waals surface area contributed by atoms with E-state index in [0.29, 0.717) is 25.5 Å². The van der Waals surface area contributed by atoms with Crippen molar-refractivity contribution >= 4 is 10.0 Å². The first-order valence-corrected chi connectivity index (χ1v) is 11.0. The van der Waals surface area contributed by atoms with Gasteiger partial charge >= 0.3 is 0 Å². The van der Waals surface area contributed by atoms with E-state index in [9.17, 15) is 8.42 Å². The first kappa shape index (κ1) is 17.7. The average molecular weight is 372 g/mol. The number of benzene rings is 2. The molecular formula is C21H25NO3S. The normalized spacial score (nSPS) is 22.2. The number of sulfonamides is 1. The Labute approximate surface area is 155 Å². The summed E-state index contributed by atoms with van der Waals surface area (Å²) in [5.41, 5.74) is 2.02. The predicted octanol–water partition coefficient (Wildman–Crippen LogP) is 3.93. The summed E-state index contributed by atoms with van der Waals surface area (Å²) >= 11 is 0. The van der Waals surface area contributed by atoms with E-state index >= 15 is 0 Å². The second-order valence-electron chi connectivity index (χ2n) is 7.24. The zero-order valence-electron chi connectivity index (χ0n) is 14.8. The van der Waals surface area contributed by atoms with Crippen molar-refractivity contribution in [3.05, 3.63) is 71.8 Å². The second kappa shape index (κ2) is 7.51. The van der Waals surface area contributed by atoms with Crippen LogP contribution in [0.4, 0.5) is 0 Å². The standard InChI is InChI=1S/C21H25NO3S/c23-26(24)15-7-14-22(26)20(18-8-3-1-4-9-18)21(25-16-17-12-13-17)19-10-5-2-6-11-19/h1-6,8-11,17,20-21H,7,12-16H2/t20-,21+/m1/s1. The molecule has 1 heterocycles. The van der Waals surface area contributed by atoms with E-state index in [4.69, 9.17) is 4.74 Å². The molecule has 4 nitrogen and oxygen atoms in total. The van der Waals surface area contributed by atoms with Crippen molar-refractivity contribution in [2.75, 3.05) is 18.9 Å². The fourth-order valence-corrected chi connectivity index (χ4v) is 5.36. The molecule has 4 rings (SSSR count). The first-order valence-electron chi connectivity index (χ1n) is 9.36. The molecule has 2 atom stereocenters. The molecule has 1 saturated carbocycles. The molecule has 2 fully saturated rings. The molecule has 0 amide bonds. The SMILES string of the molecule is O=S1(=O)CCCN1[C@H](c1ccccc1)[C@@H](OCC1CC1)c1ccccc1. The summed E-state index contributed by atoms with van der Waals surface area (Å²) in [7, 11) is -3.26. The van der Waals surface area contributed by atoms with Crippen molar-refractivity contribution in [1.29, 1.82) is 0 Å². The van der Waals surface area contributed by atoms with Crippen LogP contribution in [0.1, 0.15) is 42.5 Å².